The van der Waals surface area contributed by atoms with Crippen LogP contribution in [0.4, 0.5) is 5.00 Å². The molecule has 1 aromatic rings. The maximum absolute atomic E-state index is 5.76. The van der Waals surface area contributed by atoms with Crippen LogP contribution in [0.5, 0.6) is 0 Å². The Labute approximate surface area is 70.2 Å². The molecule has 0 radical (unpaired) electrons. The summed E-state index contributed by atoms with van der Waals surface area (Å²) in [6.45, 7) is 0.598. The molecule has 1 saturated carbocycles. The van der Waals surface area contributed by atoms with Crippen molar-refractivity contribution in [1.82, 2.24) is 0 Å². The Morgan fingerprint density at radius 2 is 2.27 bits per heavy atom. The first kappa shape index (κ1) is 7.13. The zero-order valence-corrected chi connectivity index (χ0v) is 7.16. The molecule has 1 aliphatic carbocycles. The predicted octanol–water partition coefficient (Wildman–Crippen LogP) is 1.67. The molecule has 1 fully saturated rings. The summed E-state index contributed by atoms with van der Waals surface area (Å²) in [7, 11) is 0. The van der Waals surface area contributed by atoms with E-state index in [0.717, 1.165) is 10.9 Å². The van der Waals surface area contributed by atoms with Crippen molar-refractivity contribution in [3.8, 4) is 0 Å². The molecular formula is C8H12N2S. The van der Waals surface area contributed by atoms with E-state index in [1.165, 1.54) is 24.0 Å². The van der Waals surface area contributed by atoms with E-state index in [9.17, 15) is 0 Å². The zero-order valence-electron chi connectivity index (χ0n) is 6.34. The second-order valence-corrected chi connectivity index (χ2v) is 3.92. The molecule has 0 amide bonds. The lowest BCUT2D eigenvalue weighted by molar-refractivity contribution is 1.02. The van der Waals surface area contributed by atoms with Crippen molar-refractivity contribution in [3.05, 3.63) is 16.5 Å². The Morgan fingerprint density at radius 1 is 1.55 bits per heavy atom. The molecule has 2 rings (SSSR count). The molecule has 3 heteroatoms. The van der Waals surface area contributed by atoms with E-state index in [1.807, 2.05) is 0 Å². The quantitative estimate of drug-likeness (QED) is 0.705. The molecule has 0 saturated heterocycles. The SMILES string of the molecule is NCc1c(C2CC2)csc1N. The van der Waals surface area contributed by atoms with Crippen molar-refractivity contribution in [2.45, 2.75) is 25.3 Å². The number of nitrogen functional groups attached to an aromatic ring is 1. The first-order valence-electron chi connectivity index (χ1n) is 3.88. The average molecular weight is 168 g/mol. The van der Waals surface area contributed by atoms with Gasteiger partial charge in [0.05, 0.1) is 5.00 Å². The summed E-state index contributed by atoms with van der Waals surface area (Å²) >= 11 is 1.62. The molecule has 4 N–H and O–H groups in total. The largest absolute Gasteiger partial charge is 0.390 e. The van der Waals surface area contributed by atoms with Crippen LogP contribution in [0.1, 0.15) is 29.9 Å². The normalized spacial score (nSPS) is 17.2. The molecule has 0 aromatic carbocycles. The average Bonchev–Trinajstić information content (AvgIpc) is 2.76. The minimum absolute atomic E-state index is 0.598. The molecule has 0 unspecified atom stereocenters. The number of nitrogens with two attached hydrogens (primary N) is 2. The summed E-state index contributed by atoms with van der Waals surface area (Å²) in [6, 6.07) is 0. The molecule has 1 aromatic heterocycles. The second kappa shape index (κ2) is 2.50. The number of thiophene rings is 1. The topological polar surface area (TPSA) is 52.0 Å². The van der Waals surface area contributed by atoms with Crippen molar-refractivity contribution in [2.75, 3.05) is 5.73 Å². The van der Waals surface area contributed by atoms with Crippen LogP contribution in [0, 0.1) is 0 Å². The van der Waals surface area contributed by atoms with Gasteiger partial charge in [0.1, 0.15) is 0 Å². The lowest BCUT2D eigenvalue weighted by Crippen LogP contribution is -2.00. The van der Waals surface area contributed by atoms with E-state index < -0.39 is 0 Å². The number of anilines is 1. The standard InChI is InChI=1S/C8H12N2S/c9-3-6-7(5-1-2-5)4-11-8(6)10/h4-5H,1-3,9-10H2. The highest BCUT2D eigenvalue weighted by Gasteiger charge is 2.27. The molecule has 2 nitrogen and oxygen atoms in total. The van der Waals surface area contributed by atoms with Gasteiger partial charge < -0.3 is 11.5 Å². The van der Waals surface area contributed by atoms with Crippen molar-refractivity contribution in [1.29, 1.82) is 0 Å². The van der Waals surface area contributed by atoms with E-state index in [-0.39, 0.29) is 0 Å². The molecule has 0 atom stereocenters. The molecule has 11 heavy (non-hydrogen) atoms. The minimum Gasteiger partial charge on any atom is -0.390 e. The maximum Gasteiger partial charge on any atom is 0.0904 e. The van der Waals surface area contributed by atoms with Crippen LogP contribution in [0.3, 0.4) is 0 Å². The van der Waals surface area contributed by atoms with Gasteiger partial charge in [0.15, 0.2) is 0 Å². The van der Waals surface area contributed by atoms with Gasteiger partial charge in [-0.15, -0.1) is 11.3 Å². The summed E-state index contributed by atoms with van der Waals surface area (Å²) < 4.78 is 0. The highest BCUT2D eigenvalue weighted by atomic mass is 32.1. The van der Waals surface area contributed by atoms with E-state index in [0.29, 0.717) is 6.54 Å². The molecule has 1 aliphatic rings. The van der Waals surface area contributed by atoms with Crippen LogP contribution >= 0.6 is 11.3 Å². The van der Waals surface area contributed by atoms with Crippen LogP contribution in [-0.2, 0) is 6.54 Å². The highest BCUT2D eigenvalue weighted by molar-refractivity contribution is 7.14. The van der Waals surface area contributed by atoms with E-state index in [2.05, 4.69) is 5.38 Å². The van der Waals surface area contributed by atoms with Gasteiger partial charge in [-0.1, -0.05) is 0 Å². The van der Waals surface area contributed by atoms with Crippen LogP contribution < -0.4 is 11.5 Å². The maximum atomic E-state index is 5.76. The van der Waals surface area contributed by atoms with Gasteiger partial charge in [-0.2, -0.15) is 0 Å². The van der Waals surface area contributed by atoms with Crippen molar-refractivity contribution >= 4 is 16.3 Å². The molecule has 0 aliphatic heterocycles. The fourth-order valence-electron chi connectivity index (χ4n) is 1.37. The predicted molar refractivity (Wildman–Crippen MR) is 48.6 cm³/mol. The second-order valence-electron chi connectivity index (χ2n) is 3.01. The zero-order chi connectivity index (χ0) is 7.84. The monoisotopic (exact) mass is 168 g/mol. The van der Waals surface area contributed by atoms with Crippen LogP contribution in [0.15, 0.2) is 5.38 Å². The van der Waals surface area contributed by atoms with Gasteiger partial charge in [0.2, 0.25) is 0 Å². The summed E-state index contributed by atoms with van der Waals surface area (Å²) in [5, 5.41) is 3.07. The lowest BCUT2D eigenvalue weighted by atomic mass is 10.1. The third-order valence-corrected chi connectivity index (χ3v) is 3.05. The molecule has 60 valence electrons. The minimum atomic E-state index is 0.598. The summed E-state index contributed by atoms with van der Waals surface area (Å²) in [4.78, 5) is 0. The Kier molecular flexibility index (Phi) is 1.62. The Bertz CT molecular complexity index is 263. The Balaban J connectivity index is 2.36. The molecule has 1 heterocycles. The summed E-state index contributed by atoms with van der Waals surface area (Å²) in [6.07, 6.45) is 2.65. The van der Waals surface area contributed by atoms with Gasteiger partial charge in [-0.25, -0.2) is 0 Å². The summed E-state index contributed by atoms with van der Waals surface area (Å²) in [5.74, 6) is 0.780. The lowest BCUT2D eigenvalue weighted by Gasteiger charge is -1.98. The Morgan fingerprint density at radius 3 is 2.82 bits per heavy atom. The fourth-order valence-corrected chi connectivity index (χ4v) is 2.30. The summed E-state index contributed by atoms with van der Waals surface area (Å²) in [5.41, 5.74) is 13.9. The highest BCUT2D eigenvalue weighted by Crippen LogP contribution is 2.44. The van der Waals surface area contributed by atoms with E-state index >= 15 is 0 Å². The number of hydrogen-bond acceptors (Lipinski definition) is 3. The number of hydrogen-bond donors (Lipinski definition) is 2. The van der Waals surface area contributed by atoms with E-state index in [1.54, 1.807) is 11.3 Å². The van der Waals surface area contributed by atoms with Crippen LogP contribution in [-0.4, -0.2) is 0 Å². The Hall–Kier alpha value is -0.540. The van der Waals surface area contributed by atoms with Crippen molar-refractivity contribution < 1.29 is 0 Å². The molecule has 0 spiro atoms. The third-order valence-electron chi connectivity index (χ3n) is 2.18. The molecular weight excluding hydrogens is 156 g/mol. The first-order chi connectivity index (χ1) is 5.33. The van der Waals surface area contributed by atoms with Gasteiger partial charge in [-0.05, 0) is 29.7 Å². The van der Waals surface area contributed by atoms with Gasteiger partial charge in [0.25, 0.3) is 0 Å². The number of rotatable bonds is 2. The van der Waals surface area contributed by atoms with E-state index in [4.69, 9.17) is 11.5 Å². The smallest absolute Gasteiger partial charge is 0.0904 e. The van der Waals surface area contributed by atoms with Crippen LogP contribution in [0.25, 0.3) is 0 Å². The van der Waals surface area contributed by atoms with Gasteiger partial charge in [-0.3, -0.25) is 0 Å². The third kappa shape index (κ3) is 1.14. The fraction of sp³-hybridized carbons (Fsp3) is 0.500. The van der Waals surface area contributed by atoms with Gasteiger partial charge in [0, 0.05) is 12.1 Å². The first-order valence-corrected chi connectivity index (χ1v) is 4.76. The van der Waals surface area contributed by atoms with Crippen LogP contribution in [0.2, 0.25) is 0 Å². The molecule has 0 bridgehead atoms. The van der Waals surface area contributed by atoms with Crippen molar-refractivity contribution in [2.24, 2.45) is 5.73 Å². The van der Waals surface area contributed by atoms with Gasteiger partial charge >= 0.3 is 0 Å². The van der Waals surface area contributed by atoms with Crippen molar-refractivity contribution in [3.63, 3.8) is 0 Å².